The van der Waals surface area contributed by atoms with Gasteiger partial charge in [-0.05, 0) is 12.0 Å². The molecule has 16 heavy (non-hydrogen) atoms. The van der Waals surface area contributed by atoms with Crippen LogP contribution in [-0.4, -0.2) is 19.7 Å². The lowest BCUT2D eigenvalue weighted by molar-refractivity contribution is 0.755. The third-order valence-corrected chi connectivity index (χ3v) is 2.21. The van der Waals surface area contributed by atoms with Crippen molar-refractivity contribution in [2.24, 2.45) is 5.84 Å². The maximum Gasteiger partial charge on any atom is 0.174 e. The number of nitrogens with one attached hydrogen (secondary N) is 1. The molecule has 0 spiro atoms. The summed E-state index contributed by atoms with van der Waals surface area (Å²) in [6.07, 6.45) is 5.05. The summed E-state index contributed by atoms with van der Waals surface area (Å²) in [5.74, 6) is 6.82. The Balaban J connectivity index is 2.34. The van der Waals surface area contributed by atoms with Crippen molar-refractivity contribution in [1.29, 1.82) is 0 Å². The van der Waals surface area contributed by atoms with Crippen molar-refractivity contribution in [1.82, 2.24) is 19.7 Å². The van der Waals surface area contributed by atoms with E-state index in [1.54, 1.807) is 17.1 Å². The van der Waals surface area contributed by atoms with Gasteiger partial charge >= 0.3 is 0 Å². The van der Waals surface area contributed by atoms with Crippen LogP contribution < -0.4 is 11.3 Å². The summed E-state index contributed by atoms with van der Waals surface area (Å²) in [7, 11) is 0. The van der Waals surface area contributed by atoms with E-state index < -0.39 is 0 Å². The molecule has 0 aliphatic rings. The Morgan fingerprint density at radius 2 is 2.19 bits per heavy atom. The van der Waals surface area contributed by atoms with Gasteiger partial charge in [0.25, 0.3) is 0 Å². The fourth-order valence-electron chi connectivity index (χ4n) is 1.31. The minimum Gasteiger partial charge on any atom is -0.307 e. The highest BCUT2D eigenvalue weighted by atomic mass is 15.3. The van der Waals surface area contributed by atoms with E-state index in [0.29, 0.717) is 17.6 Å². The van der Waals surface area contributed by atoms with Crippen molar-refractivity contribution in [3.05, 3.63) is 30.4 Å². The van der Waals surface area contributed by atoms with Crippen molar-refractivity contribution in [3.63, 3.8) is 0 Å². The summed E-state index contributed by atoms with van der Waals surface area (Å²) in [6, 6.07) is 1.97. The zero-order valence-electron chi connectivity index (χ0n) is 9.25. The van der Waals surface area contributed by atoms with E-state index in [1.807, 2.05) is 12.3 Å². The molecule has 0 aliphatic heterocycles. The van der Waals surface area contributed by atoms with Crippen LogP contribution in [0.5, 0.6) is 0 Å². The van der Waals surface area contributed by atoms with Crippen molar-refractivity contribution >= 4 is 5.82 Å². The Morgan fingerprint density at radius 1 is 1.38 bits per heavy atom. The van der Waals surface area contributed by atoms with Gasteiger partial charge in [-0.1, -0.05) is 13.8 Å². The molecule has 2 heterocycles. The van der Waals surface area contributed by atoms with Crippen LogP contribution in [-0.2, 0) is 0 Å². The standard InChI is InChI=1S/C10H14N6/c1-7(2)8-3-4-16(15-8)10-6-12-5-9(13-10)14-11/h3-7H,11H2,1-2H3,(H,13,14). The largest absolute Gasteiger partial charge is 0.307 e. The quantitative estimate of drug-likeness (QED) is 0.595. The van der Waals surface area contributed by atoms with Crippen LogP contribution in [0.15, 0.2) is 24.7 Å². The number of nitrogen functional groups attached to an aromatic ring is 1. The molecule has 0 saturated heterocycles. The molecule has 0 atom stereocenters. The number of hydrazine groups is 1. The summed E-state index contributed by atoms with van der Waals surface area (Å²) < 4.78 is 1.68. The summed E-state index contributed by atoms with van der Waals surface area (Å²) in [5, 5.41) is 4.40. The number of hydrogen-bond donors (Lipinski definition) is 2. The van der Waals surface area contributed by atoms with Crippen LogP contribution in [0.25, 0.3) is 5.82 Å². The molecule has 0 fully saturated rings. The predicted molar refractivity (Wildman–Crippen MR) is 61.1 cm³/mol. The normalized spacial score (nSPS) is 10.8. The van der Waals surface area contributed by atoms with Gasteiger partial charge in [0.2, 0.25) is 0 Å². The van der Waals surface area contributed by atoms with Crippen molar-refractivity contribution in [2.45, 2.75) is 19.8 Å². The van der Waals surface area contributed by atoms with Crippen LogP contribution in [0, 0.1) is 0 Å². The van der Waals surface area contributed by atoms with Gasteiger partial charge in [0.15, 0.2) is 11.6 Å². The first kappa shape index (κ1) is 10.6. The SMILES string of the molecule is CC(C)c1ccn(-c2cncc(NN)n2)n1. The monoisotopic (exact) mass is 218 g/mol. The maximum absolute atomic E-state index is 5.27. The lowest BCUT2D eigenvalue weighted by Gasteiger charge is -2.03. The van der Waals surface area contributed by atoms with Crippen molar-refractivity contribution in [3.8, 4) is 5.82 Å². The number of hydrogen-bond acceptors (Lipinski definition) is 5. The zero-order chi connectivity index (χ0) is 11.5. The van der Waals surface area contributed by atoms with Crippen LogP contribution in [0.2, 0.25) is 0 Å². The second-order valence-electron chi connectivity index (χ2n) is 3.75. The number of nitrogens with two attached hydrogens (primary N) is 1. The van der Waals surface area contributed by atoms with Crippen LogP contribution in [0.4, 0.5) is 5.82 Å². The fourth-order valence-corrected chi connectivity index (χ4v) is 1.31. The molecule has 2 aromatic heterocycles. The molecule has 2 rings (SSSR count). The number of rotatable bonds is 3. The Morgan fingerprint density at radius 3 is 2.81 bits per heavy atom. The third kappa shape index (κ3) is 2.01. The molecule has 0 unspecified atom stereocenters. The van der Waals surface area contributed by atoms with Crippen LogP contribution >= 0.6 is 0 Å². The molecule has 84 valence electrons. The van der Waals surface area contributed by atoms with Gasteiger partial charge in [-0.25, -0.2) is 15.5 Å². The van der Waals surface area contributed by atoms with Crippen LogP contribution in [0.3, 0.4) is 0 Å². The van der Waals surface area contributed by atoms with Gasteiger partial charge in [0, 0.05) is 6.20 Å². The predicted octanol–water partition coefficient (Wildman–Crippen LogP) is 1.07. The maximum atomic E-state index is 5.27. The second-order valence-corrected chi connectivity index (χ2v) is 3.75. The number of aromatic nitrogens is 4. The lowest BCUT2D eigenvalue weighted by atomic mass is 10.1. The molecule has 0 bridgehead atoms. The molecule has 2 aromatic rings. The Hall–Kier alpha value is -1.95. The Labute approximate surface area is 93.5 Å². The topological polar surface area (TPSA) is 81.7 Å². The summed E-state index contributed by atoms with van der Waals surface area (Å²) in [4.78, 5) is 8.26. The van der Waals surface area contributed by atoms with E-state index in [4.69, 9.17) is 5.84 Å². The van der Waals surface area contributed by atoms with Crippen molar-refractivity contribution in [2.75, 3.05) is 5.43 Å². The molecule has 0 amide bonds. The molecular weight excluding hydrogens is 204 g/mol. The minimum atomic E-state index is 0.394. The van der Waals surface area contributed by atoms with Gasteiger partial charge in [-0.15, -0.1) is 0 Å². The highest BCUT2D eigenvalue weighted by Gasteiger charge is 2.06. The first-order valence-electron chi connectivity index (χ1n) is 5.05. The second kappa shape index (κ2) is 4.28. The Kier molecular flexibility index (Phi) is 2.82. The van der Waals surface area contributed by atoms with Gasteiger partial charge in [0.05, 0.1) is 18.1 Å². The highest BCUT2D eigenvalue weighted by molar-refractivity contribution is 5.34. The molecule has 0 radical (unpaired) electrons. The average Bonchev–Trinajstić information content (AvgIpc) is 2.78. The lowest BCUT2D eigenvalue weighted by Crippen LogP contribution is -2.10. The van der Waals surface area contributed by atoms with E-state index in [1.165, 1.54) is 0 Å². The van der Waals surface area contributed by atoms with Gasteiger partial charge in [0.1, 0.15) is 0 Å². The fraction of sp³-hybridized carbons (Fsp3) is 0.300. The van der Waals surface area contributed by atoms with Crippen molar-refractivity contribution < 1.29 is 0 Å². The smallest absolute Gasteiger partial charge is 0.174 e. The molecular formula is C10H14N6. The molecule has 0 aliphatic carbocycles. The van der Waals surface area contributed by atoms with E-state index >= 15 is 0 Å². The summed E-state index contributed by atoms with van der Waals surface area (Å²) in [5.41, 5.74) is 3.47. The molecule has 0 aromatic carbocycles. The molecule has 3 N–H and O–H groups in total. The van der Waals surface area contributed by atoms with E-state index in [9.17, 15) is 0 Å². The Bertz CT molecular complexity index is 476. The average molecular weight is 218 g/mol. The molecule has 6 heteroatoms. The first-order valence-corrected chi connectivity index (χ1v) is 5.05. The third-order valence-electron chi connectivity index (χ3n) is 2.21. The highest BCUT2D eigenvalue weighted by Crippen LogP contribution is 2.13. The van der Waals surface area contributed by atoms with Gasteiger partial charge < -0.3 is 5.43 Å². The van der Waals surface area contributed by atoms with E-state index in [-0.39, 0.29) is 0 Å². The number of nitrogens with zero attached hydrogens (tertiary/aromatic N) is 4. The first-order chi connectivity index (χ1) is 7.70. The molecule has 6 nitrogen and oxygen atoms in total. The summed E-state index contributed by atoms with van der Waals surface area (Å²) in [6.45, 7) is 4.19. The summed E-state index contributed by atoms with van der Waals surface area (Å²) >= 11 is 0. The number of anilines is 1. The van der Waals surface area contributed by atoms with Gasteiger partial charge in [-0.2, -0.15) is 5.10 Å². The molecule has 0 saturated carbocycles. The van der Waals surface area contributed by atoms with Crippen LogP contribution in [0.1, 0.15) is 25.5 Å². The zero-order valence-corrected chi connectivity index (χ0v) is 9.25. The minimum absolute atomic E-state index is 0.394. The van der Waals surface area contributed by atoms with Gasteiger partial charge in [-0.3, -0.25) is 4.98 Å². The van der Waals surface area contributed by atoms with E-state index in [0.717, 1.165) is 5.69 Å². The van der Waals surface area contributed by atoms with E-state index in [2.05, 4.69) is 34.3 Å².